The van der Waals surface area contributed by atoms with Gasteiger partial charge in [-0.2, -0.15) is 0 Å². The zero-order chi connectivity index (χ0) is 33.0. The van der Waals surface area contributed by atoms with Gasteiger partial charge < -0.3 is 10.1 Å². The van der Waals surface area contributed by atoms with Crippen LogP contribution in [0.2, 0.25) is 19.6 Å². The average molecular weight is 802 g/mol. The van der Waals surface area contributed by atoms with E-state index < -0.39 is 8.07 Å². The Labute approximate surface area is 286 Å². The van der Waals surface area contributed by atoms with Crippen LogP contribution in [0.4, 0.5) is 0 Å². The van der Waals surface area contributed by atoms with E-state index in [0.717, 1.165) is 53.4 Å². The number of aromatic nitrogens is 2. The number of aryl methyl sites for hydroxylation is 3. The first-order valence-corrected chi connectivity index (χ1v) is 19.7. The number of hydrogen-bond acceptors (Lipinski definition) is 4. The van der Waals surface area contributed by atoms with Crippen molar-refractivity contribution in [2.24, 2.45) is 10.8 Å². The summed E-state index contributed by atoms with van der Waals surface area (Å²) in [7, 11) is -1.51. The fraction of sp³-hybridized carbons (Fsp3) is 0.462. The number of carbonyl (C=O) groups is 1. The number of ketones is 1. The average Bonchev–Trinajstić information content (AvgIpc) is 2.98. The van der Waals surface area contributed by atoms with E-state index in [1.807, 2.05) is 53.9 Å². The molecule has 245 valence electrons. The molecule has 4 rings (SSSR count). The van der Waals surface area contributed by atoms with Crippen molar-refractivity contribution in [2.75, 3.05) is 0 Å². The summed E-state index contributed by atoms with van der Waals surface area (Å²) in [5, 5.41) is 15.1. The summed E-state index contributed by atoms with van der Waals surface area (Å²) in [6, 6.07) is 14.4. The molecule has 0 bridgehead atoms. The van der Waals surface area contributed by atoms with E-state index in [0.29, 0.717) is 0 Å². The van der Waals surface area contributed by atoms with E-state index >= 15 is 0 Å². The van der Waals surface area contributed by atoms with Gasteiger partial charge in [0.2, 0.25) is 0 Å². The van der Waals surface area contributed by atoms with E-state index in [-0.39, 0.29) is 42.5 Å². The Morgan fingerprint density at radius 1 is 0.867 bits per heavy atom. The molecule has 0 saturated heterocycles. The second kappa shape index (κ2) is 15.3. The predicted octanol–water partition coefficient (Wildman–Crippen LogP) is 10.4. The molecule has 0 aliphatic heterocycles. The number of rotatable bonds is 9. The van der Waals surface area contributed by atoms with Crippen LogP contribution in [0.15, 0.2) is 54.6 Å². The zero-order valence-electron chi connectivity index (χ0n) is 29.5. The summed E-state index contributed by atoms with van der Waals surface area (Å²) in [6.45, 7) is 25.7. The predicted molar refractivity (Wildman–Crippen MR) is 192 cm³/mol. The molecule has 2 aromatic heterocycles. The van der Waals surface area contributed by atoms with Gasteiger partial charge in [-0.15, -0.1) is 34.9 Å². The van der Waals surface area contributed by atoms with Gasteiger partial charge in [0.25, 0.3) is 0 Å². The van der Waals surface area contributed by atoms with Crippen molar-refractivity contribution < 1.29 is 30.0 Å². The minimum Gasteiger partial charge on any atom is -0.512 e. The first-order valence-electron chi connectivity index (χ1n) is 16.2. The molecule has 0 fully saturated rings. The number of benzene rings is 2. The van der Waals surface area contributed by atoms with Crippen LogP contribution in [0, 0.1) is 37.7 Å². The van der Waals surface area contributed by atoms with E-state index in [1.54, 1.807) is 0 Å². The third-order valence-corrected chi connectivity index (χ3v) is 11.9. The third kappa shape index (κ3) is 8.39. The molecule has 1 radical (unpaired) electrons. The van der Waals surface area contributed by atoms with Crippen molar-refractivity contribution in [1.82, 2.24) is 9.97 Å². The van der Waals surface area contributed by atoms with Gasteiger partial charge in [-0.25, -0.2) is 0 Å². The van der Waals surface area contributed by atoms with Crippen LogP contribution in [-0.4, -0.2) is 28.9 Å². The maximum absolute atomic E-state index is 12.2. The number of pyridine rings is 2. The van der Waals surface area contributed by atoms with Crippen LogP contribution in [0.5, 0.6) is 0 Å². The minimum atomic E-state index is -1.51. The first-order chi connectivity index (χ1) is 20.5. The van der Waals surface area contributed by atoms with Gasteiger partial charge in [-0.3, -0.25) is 9.78 Å². The van der Waals surface area contributed by atoms with Crippen LogP contribution in [0.1, 0.15) is 83.9 Å². The third-order valence-electron chi connectivity index (χ3n) is 9.74. The number of allylic oxidation sites excluding steroid dienone is 2. The zero-order valence-corrected chi connectivity index (χ0v) is 32.9. The van der Waals surface area contributed by atoms with Crippen molar-refractivity contribution in [3.63, 3.8) is 0 Å². The Kier molecular flexibility index (Phi) is 13.1. The van der Waals surface area contributed by atoms with Gasteiger partial charge in [0.05, 0.1) is 13.6 Å². The van der Waals surface area contributed by atoms with Crippen molar-refractivity contribution in [3.05, 3.63) is 77.3 Å². The van der Waals surface area contributed by atoms with E-state index in [9.17, 15) is 9.90 Å². The monoisotopic (exact) mass is 802 g/mol. The molecule has 6 heteroatoms. The Balaban J connectivity index is 0.000000343. The Morgan fingerprint density at radius 3 is 2.00 bits per heavy atom. The molecule has 4 aromatic rings. The van der Waals surface area contributed by atoms with Crippen LogP contribution < -0.4 is 5.19 Å². The summed E-state index contributed by atoms with van der Waals surface area (Å²) >= 11 is 0. The fourth-order valence-electron chi connectivity index (χ4n) is 5.88. The van der Waals surface area contributed by atoms with Crippen LogP contribution in [0.3, 0.4) is 0 Å². The van der Waals surface area contributed by atoms with Crippen molar-refractivity contribution >= 4 is 40.7 Å². The standard InChI is InChI=1S/C24H25N2Si.C15H28O2.Ir/c1-15-11-16(2)13-18(12-15)22-21-14-26-23-20(19(21)9-10-25-22)8-7-17(3)24(23)27(4,5)6;1-7-14(5,8-2)12(16)11-13(17)15(6,9-3)10-4;/h7-12,14H,1-6H3;11,16H,7-10H2,1-6H3;/q-1;;/b;12-11-;. The number of aliphatic hydroxyl groups is 1. The van der Waals surface area contributed by atoms with Gasteiger partial charge >= 0.3 is 0 Å². The molecule has 4 nitrogen and oxygen atoms in total. The van der Waals surface area contributed by atoms with Crippen molar-refractivity contribution in [1.29, 1.82) is 0 Å². The van der Waals surface area contributed by atoms with Gasteiger partial charge in [-0.1, -0.05) is 87.2 Å². The molecule has 0 spiro atoms. The summed E-state index contributed by atoms with van der Waals surface area (Å²) in [5.74, 6) is 0.286. The largest absolute Gasteiger partial charge is 0.512 e. The molecule has 0 unspecified atom stereocenters. The Morgan fingerprint density at radius 2 is 1.47 bits per heavy atom. The maximum Gasteiger partial charge on any atom is 0.164 e. The van der Waals surface area contributed by atoms with Crippen molar-refractivity contribution in [3.8, 4) is 11.3 Å². The van der Waals surface area contributed by atoms with Crippen LogP contribution in [-0.2, 0) is 24.9 Å². The van der Waals surface area contributed by atoms with E-state index in [4.69, 9.17) is 9.97 Å². The SMILES string of the molecule is CCC(C)(CC)C(=O)/C=C(\O)C(C)(CC)CC.Cc1[c-]c(-c2nccc3c2cnc2c([Si](C)(C)C)c(C)ccc23)cc(C)c1.[Ir]. The van der Waals surface area contributed by atoms with E-state index in [1.165, 1.54) is 33.2 Å². The molecular weight excluding hydrogens is 749 g/mol. The number of aliphatic hydroxyl groups excluding tert-OH is 1. The van der Waals surface area contributed by atoms with Gasteiger partial charge in [0.15, 0.2) is 5.78 Å². The minimum absolute atomic E-state index is 0. The molecule has 0 amide bonds. The molecule has 0 aliphatic rings. The van der Waals surface area contributed by atoms with Gasteiger partial charge in [0.1, 0.15) is 5.76 Å². The smallest absolute Gasteiger partial charge is 0.164 e. The van der Waals surface area contributed by atoms with Gasteiger partial charge in [0, 0.05) is 54.8 Å². The summed E-state index contributed by atoms with van der Waals surface area (Å²) < 4.78 is 0. The number of hydrogen-bond donors (Lipinski definition) is 1. The summed E-state index contributed by atoms with van der Waals surface area (Å²) in [4.78, 5) is 21.8. The molecule has 1 N–H and O–H groups in total. The molecular formula is C39H53IrN2O2Si-. The molecule has 0 atom stereocenters. The number of carbonyl (C=O) groups excluding carboxylic acids is 1. The molecule has 2 aromatic carbocycles. The number of fused-ring (bicyclic) bond motifs is 3. The molecule has 0 saturated carbocycles. The molecule has 0 aliphatic carbocycles. The quantitative estimate of drug-likeness (QED) is 0.0602. The van der Waals surface area contributed by atoms with E-state index in [2.05, 4.69) is 76.8 Å². The molecule has 2 heterocycles. The number of nitrogens with zero attached hydrogens (tertiary/aromatic N) is 2. The second-order valence-corrected chi connectivity index (χ2v) is 19.0. The Hall–Kier alpha value is -2.66. The fourth-order valence-corrected chi connectivity index (χ4v) is 8.05. The topological polar surface area (TPSA) is 63.1 Å². The maximum atomic E-state index is 12.2. The van der Waals surface area contributed by atoms with Gasteiger partial charge in [-0.05, 0) is 65.9 Å². The normalized spacial score (nSPS) is 12.5. The summed E-state index contributed by atoms with van der Waals surface area (Å²) in [6.07, 6.45) is 8.68. The van der Waals surface area contributed by atoms with Crippen molar-refractivity contribution in [2.45, 2.75) is 108 Å². The second-order valence-electron chi connectivity index (χ2n) is 14.0. The summed E-state index contributed by atoms with van der Waals surface area (Å²) in [5.41, 5.74) is 6.27. The van der Waals surface area contributed by atoms with Crippen LogP contribution >= 0.6 is 0 Å². The first kappa shape index (κ1) is 38.5. The molecule has 45 heavy (non-hydrogen) atoms. The van der Waals surface area contributed by atoms with Crippen LogP contribution in [0.25, 0.3) is 32.9 Å². The Bertz CT molecular complexity index is 1660.